The van der Waals surface area contributed by atoms with Crippen molar-refractivity contribution in [3.63, 3.8) is 0 Å². The van der Waals surface area contributed by atoms with E-state index >= 15 is 0 Å². The zero-order valence-corrected chi connectivity index (χ0v) is 9.03. The first-order valence-electron chi connectivity index (χ1n) is 5.56. The van der Waals surface area contributed by atoms with E-state index in [-0.39, 0.29) is 0 Å². The Morgan fingerprint density at radius 3 is 3.00 bits per heavy atom. The molecule has 1 heterocycles. The first kappa shape index (κ1) is 8.78. The average Bonchev–Trinajstić information content (AvgIpc) is 2.30. The third kappa shape index (κ3) is 1.30. The maximum atomic E-state index is 2.32. The van der Waals surface area contributed by atoms with Crippen molar-refractivity contribution in [1.82, 2.24) is 0 Å². The summed E-state index contributed by atoms with van der Waals surface area (Å²) in [5.74, 6) is 0. The molecule has 0 N–H and O–H groups in total. The fraction of sp³-hybridized carbons (Fsp3) is 0.286. The molecule has 1 aromatic rings. The second kappa shape index (κ2) is 3.27. The maximum Gasteiger partial charge on any atom is 0.0443 e. The van der Waals surface area contributed by atoms with Crippen LogP contribution >= 0.6 is 0 Å². The summed E-state index contributed by atoms with van der Waals surface area (Å²) < 4.78 is 0. The van der Waals surface area contributed by atoms with E-state index in [0.29, 0.717) is 0 Å². The highest BCUT2D eigenvalue weighted by atomic mass is 15.1. The highest BCUT2D eigenvalue weighted by Crippen LogP contribution is 2.35. The fourth-order valence-corrected chi connectivity index (χ4v) is 2.57. The molecule has 76 valence electrons. The molecule has 1 aromatic carbocycles. The Kier molecular flexibility index (Phi) is 1.91. The number of hydrogen-bond donors (Lipinski definition) is 0. The van der Waals surface area contributed by atoms with Crippen LogP contribution in [0.25, 0.3) is 0 Å². The standard InChI is InChI=1S/C14H15N/c1-15-13-8-4-2-6-11(13)10-12-7-3-5-9-14(12)15/h2,4-6,8-9H,3,7,10H2,1H3. The Labute approximate surface area is 90.7 Å². The van der Waals surface area contributed by atoms with E-state index in [1.54, 1.807) is 5.57 Å². The number of rotatable bonds is 0. The molecule has 0 saturated heterocycles. The third-order valence-corrected chi connectivity index (χ3v) is 3.37. The van der Waals surface area contributed by atoms with Crippen molar-refractivity contribution in [3.8, 4) is 0 Å². The molecule has 0 spiro atoms. The Bertz CT molecular complexity index is 454. The fourth-order valence-electron chi connectivity index (χ4n) is 2.57. The summed E-state index contributed by atoms with van der Waals surface area (Å²) in [6.45, 7) is 0. The van der Waals surface area contributed by atoms with Crippen LogP contribution in [0.5, 0.6) is 0 Å². The Morgan fingerprint density at radius 1 is 1.20 bits per heavy atom. The SMILES string of the molecule is CN1C2=C(CCC=C2)Cc2ccccc21. The third-order valence-electron chi connectivity index (χ3n) is 3.37. The summed E-state index contributed by atoms with van der Waals surface area (Å²) in [4.78, 5) is 2.32. The van der Waals surface area contributed by atoms with Gasteiger partial charge in [0.2, 0.25) is 0 Å². The van der Waals surface area contributed by atoms with E-state index < -0.39 is 0 Å². The van der Waals surface area contributed by atoms with E-state index in [2.05, 4.69) is 48.4 Å². The summed E-state index contributed by atoms with van der Waals surface area (Å²) in [5, 5.41) is 0. The number of nitrogens with zero attached hydrogens (tertiary/aromatic N) is 1. The van der Waals surface area contributed by atoms with Crippen molar-refractivity contribution in [3.05, 3.63) is 53.3 Å². The van der Waals surface area contributed by atoms with Crippen molar-refractivity contribution >= 4 is 5.69 Å². The minimum Gasteiger partial charge on any atom is -0.344 e. The number of hydrogen-bond acceptors (Lipinski definition) is 1. The summed E-state index contributed by atoms with van der Waals surface area (Å²) in [6, 6.07) is 8.71. The Hall–Kier alpha value is -1.50. The molecule has 0 amide bonds. The second-order valence-corrected chi connectivity index (χ2v) is 4.29. The van der Waals surface area contributed by atoms with Gasteiger partial charge in [-0.2, -0.15) is 0 Å². The van der Waals surface area contributed by atoms with Crippen LogP contribution in [0.2, 0.25) is 0 Å². The van der Waals surface area contributed by atoms with Crippen molar-refractivity contribution in [2.24, 2.45) is 0 Å². The predicted molar refractivity (Wildman–Crippen MR) is 63.9 cm³/mol. The molecular formula is C14H15N. The molecule has 0 aromatic heterocycles. The molecule has 0 fully saturated rings. The highest BCUT2D eigenvalue weighted by Gasteiger charge is 2.21. The van der Waals surface area contributed by atoms with Crippen molar-refractivity contribution in [2.75, 3.05) is 11.9 Å². The highest BCUT2D eigenvalue weighted by molar-refractivity contribution is 5.64. The molecule has 1 nitrogen and oxygen atoms in total. The predicted octanol–water partition coefficient (Wildman–Crippen LogP) is 3.28. The first-order chi connectivity index (χ1) is 7.36. The first-order valence-corrected chi connectivity index (χ1v) is 5.56. The van der Waals surface area contributed by atoms with E-state index in [1.807, 2.05) is 0 Å². The number of anilines is 1. The van der Waals surface area contributed by atoms with Crippen molar-refractivity contribution in [1.29, 1.82) is 0 Å². The lowest BCUT2D eigenvalue weighted by Gasteiger charge is -2.32. The molecule has 0 atom stereocenters. The van der Waals surface area contributed by atoms with Gasteiger partial charge in [-0.25, -0.2) is 0 Å². The summed E-state index contributed by atoms with van der Waals surface area (Å²) in [7, 11) is 2.17. The Morgan fingerprint density at radius 2 is 2.07 bits per heavy atom. The van der Waals surface area contributed by atoms with Crippen LogP contribution in [0.3, 0.4) is 0 Å². The lowest BCUT2D eigenvalue weighted by molar-refractivity contribution is 0.846. The molecule has 0 radical (unpaired) electrons. The second-order valence-electron chi connectivity index (χ2n) is 4.29. The molecule has 3 rings (SSSR count). The van der Waals surface area contributed by atoms with Crippen LogP contribution in [-0.2, 0) is 6.42 Å². The monoisotopic (exact) mass is 197 g/mol. The summed E-state index contributed by atoms with van der Waals surface area (Å²) >= 11 is 0. The quantitative estimate of drug-likeness (QED) is 0.617. The van der Waals surface area contributed by atoms with Gasteiger partial charge in [0.15, 0.2) is 0 Å². The number of fused-ring (bicyclic) bond motifs is 1. The van der Waals surface area contributed by atoms with Crippen LogP contribution in [-0.4, -0.2) is 7.05 Å². The number of likely N-dealkylation sites (N-methyl/N-ethyl adjacent to an activating group) is 1. The van der Waals surface area contributed by atoms with Gasteiger partial charge < -0.3 is 4.90 Å². The van der Waals surface area contributed by atoms with Gasteiger partial charge in [0.25, 0.3) is 0 Å². The maximum absolute atomic E-state index is 2.32. The van der Waals surface area contributed by atoms with Crippen LogP contribution in [0, 0.1) is 0 Å². The largest absolute Gasteiger partial charge is 0.344 e. The van der Waals surface area contributed by atoms with E-state index in [1.165, 1.54) is 29.8 Å². The minimum absolute atomic E-state index is 1.14. The van der Waals surface area contributed by atoms with Crippen LogP contribution in [0.4, 0.5) is 5.69 Å². The topological polar surface area (TPSA) is 3.24 Å². The van der Waals surface area contributed by atoms with Gasteiger partial charge in [0, 0.05) is 18.4 Å². The van der Waals surface area contributed by atoms with Gasteiger partial charge in [0.05, 0.1) is 0 Å². The van der Waals surface area contributed by atoms with E-state index in [9.17, 15) is 0 Å². The van der Waals surface area contributed by atoms with Crippen LogP contribution in [0.15, 0.2) is 47.7 Å². The van der Waals surface area contributed by atoms with E-state index in [0.717, 1.165) is 6.42 Å². The molecule has 0 unspecified atom stereocenters. The zero-order valence-electron chi connectivity index (χ0n) is 9.03. The van der Waals surface area contributed by atoms with Gasteiger partial charge in [0.1, 0.15) is 0 Å². The molecule has 2 aliphatic rings. The van der Waals surface area contributed by atoms with E-state index in [4.69, 9.17) is 0 Å². The molecule has 0 bridgehead atoms. The van der Waals surface area contributed by atoms with Gasteiger partial charge >= 0.3 is 0 Å². The minimum atomic E-state index is 1.14. The van der Waals surface area contributed by atoms with Crippen LogP contribution < -0.4 is 4.90 Å². The van der Waals surface area contributed by atoms with Gasteiger partial charge in [-0.15, -0.1) is 0 Å². The normalized spacial score (nSPS) is 18.9. The number of benzene rings is 1. The van der Waals surface area contributed by atoms with Crippen LogP contribution in [0.1, 0.15) is 18.4 Å². The van der Waals surface area contributed by atoms with Gasteiger partial charge in [-0.1, -0.05) is 24.3 Å². The average molecular weight is 197 g/mol. The summed E-state index contributed by atoms with van der Waals surface area (Å²) in [6.07, 6.45) is 8.12. The van der Waals surface area contributed by atoms with Gasteiger partial charge in [-0.05, 0) is 42.5 Å². The van der Waals surface area contributed by atoms with Crippen molar-refractivity contribution < 1.29 is 0 Å². The molecule has 15 heavy (non-hydrogen) atoms. The number of allylic oxidation sites excluding steroid dienone is 3. The molecular weight excluding hydrogens is 182 g/mol. The lowest BCUT2D eigenvalue weighted by atomic mass is 9.90. The lowest BCUT2D eigenvalue weighted by Crippen LogP contribution is -2.24. The molecule has 1 aliphatic heterocycles. The molecule has 0 saturated carbocycles. The van der Waals surface area contributed by atoms with Crippen molar-refractivity contribution in [2.45, 2.75) is 19.3 Å². The zero-order chi connectivity index (χ0) is 10.3. The molecule has 1 heteroatoms. The smallest absolute Gasteiger partial charge is 0.0443 e. The summed E-state index contributed by atoms with van der Waals surface area (Å²) in [5.41, 5.74) is 5.84. The number of para-hydroxylation sites is 1. The van der Waals surface area contributed by atoms with Gasteiger partial charge in [-0.3, -0.25) is 0 Å². The molecule has 1 aliphatic carbocycles. The Balaban J connectivity index is 2.11.